The van der Waals surface area contributed by atoms with Crippen molar-refractivity contribution in [1.82, 2.24) is 20.4 Å². The fourth-order valence-electron chi connectivity index (χ4n) is 2.00. The van der Waals surface area contributed by atoms with E-state index in [1.807, 2.05) is 0 Å². The van der Waals surface area contributed by atoms with E-state index in [1.54, 1.807) is 6.07 Å². The number of carbonyl (C=O) groups is 1. The number of nitrogens with zero attached hydrogens (tertiary/aromatic N) is 3. The Morgan fingerprint density at radius 2 is 2.18 bits per heavy atom. The zero-order valence-electron chi connectivity index (χ0n) is 11.2. The molecule has 2 aromatic heterocycles. The van der Waals surface area contributed by atoms with Gasteiger partial charge in [-0.05, 0) is 18.2 Å². The third kappa shape index (κ3) is 2.13. The van der Waals surface area contributed by atoms with Crippen LogP contribution in [0.3, 0.4) is 0 Å². The van der Waals surface area contributed by atoms with Gasteiger partial charge in [0, 0.05) is 5.56 Å². The largest absolute Gasteiger partial charge is 0.464 e. The lowest BCUT2D eigenvalue weighted by molar-refractivity contribution is 0.0594. The molecular weight excluding hydrogens is 313 g/mol. The van der Waals surface area contributed by atoms with Crippen molar-refractivity contribution in [3.05, 3.63) is 34.7 Å². The Kier molecular flexibility index (Phi) is 3.38. The van der Waals surface area contributed by atoms with Gasteiger partial charge in [0.2, 0.25) is 0 Å². The number of ether oxygens (including phenoxy) is 1. The first-order valence-corrected chi connectivity index (χ1v) is 6.44. The van der Waals surface area contributed by atoms with Gasteiger partial charge in [0.25, 0.3) is 0 Å². The fraction of sp³-hybridized carbons (Fsp3) is 0.0769. The van der Waals surface area contributed by atoms with Gasteiger partial charge in [-0.25, -0.2) is 14.2 Å². The second kappa shape index (κ2) is 5.23. The lowest BCUT2D eigenvalue weighted by Gasteiger charge is -2.09. The molecule has 22 heavy (non-hydrogen) atoms. The van der Waals surface area contributed by atoms with Gasteiger partial charge in [-0.2, -0.15) is 15.4 Å². The number of nitrogens with two attached hydrogens (primary N) is 1. The Morgan fingerprint density at radius 1 is 1.41 bits per heavy atom. The highest BCUT2D eigenvalue weighted by Crippen LogP contribution is 2.31. The van der Waals surface area contributed by atoms with Crippen molar-refractivity contribution in [3.8, 4) is 11.3 Å². The Morgan fingerprint density at radius 3 is 2.91 bits per heavy atom. The number of rotatable bonds is 2. The van der Waals surface area contributed by atoms with E-state index in [1.165, 1.54) is 19.2 Å². The van der Waals surface area contributed by atoms with E-state index in [0.29, 0.717) is 5.52 Å². The molecule has 3 aromatic rings. The van der Waals surface area contributed by atoms with Gasteiger partial charge in [-0.15, -0.1) is 0 Å². The molecule has 0 saturated carbocycles. The predicted molar refractivity (Wildman–Crippen MR) is 77.8 cm³/mol. The Hall–Kier alpha value is -2.74. The molecule has 3 N–H and O–H groups in total. The van der Waals surface area contributed by atoms with Crippen molar-refractivity contribution in [2.24, 2.45) is 0 Å². The lowest BCUT2D eigenvalue weighted by Crippen LogP contribution is -2.08. The second-order valence-electron chi connectivity index (χ2n) is 4.37. The molecule has 0 radical (unpaired) electrons. The third-order valence-electron chi connectivity index (χ3n) is 3.07. The molecule has 0 aliphatic carbocycles. The maximum Gasteiger partial charge on any atom is 0.358 e. The van der Waals surface area contributed by atoms with Gasteiger partial charge in [-0.1, -0.05) is 11.6 Å². The van der Waals surface area contributed by atoms with Crippen LogP contribution in [0.15, 0.2) is 18.2 Å². The van der Waals surface area contributed by atoms with E-state index in [2.05, 4.69) is 25.1 Å². The molecule has 0 aliphatic rings. The van der Waals surface area contributed by atoms with Gasteiger partial charge >= 0.3 is 5.97 Å². The molecule has 0 saturated heterocycles. The number of methoxy groups -OCH3 is 1. The zero-order chi connectivity index (χ0) is 15.9. The van der Waals surface area contributed by atoms with Crippen molar-refractivity contribution < 1.29 is 13.9 Å². The monoisotopic (exact) mass is 321 g/mol. The number of nitrogen functional groups attached to an aromatic ring is 1. The number of nitrogens with one attached hydrogen (secondary N) is 1. The number of esters is 1. The summed E-state index contributed by atoms with van der Waals surface area (Å²) in [6.45, 7) is 0. The topological polar surface area (TPSA) is 107 Å². The predicted octanol–water partition coefficient (Wildman–Crippen LogP) is 2.18. The number of aromatic nitrogens is 4. The molecule has 112 valence electrons. The van der Waals surface area contributed by atoms with Crippen LogP contribution in [0.5, 0.6) is 0 Å². The van der Waals surface area contributed by atoms with E-state index in [9.17, 15) is 9.18 Å². The first-order chi connectivity index (χ1) is 10.5. The number of halogens is 2. The standard InChI is InChI=1S/C13H9ClFN5O2/c1-22-13(21)12-9(14)6(16)4-8(17-12)5-2-3-7-11(10(5)15)19-20-18-7/h2-4H,1H3,(H2,16,17)(H,18,19,20). The molecule has 9 heteroatoms. The number of fused-ring (bicyclic) bond motifs is 1. The maximum absolute atomic E-state index is 14.5. The van der Waals surface area contributed by atoms with E-state index in [-0.39, 0.29) is 33.2 Å². The summed E-state index contributed by atoms with van der Waals surface area (Å²) in [7, 11) is 1.19. The normalized spacial score (nSPS) is 10.9. The average Bonchev–Trinajstić information content (AvgIpc) is 2.99. The smallest absolute Gasteiger partial charge is 0.358 e. The van der Waals surface area contributed by atoms with E-state index in [4.69, 9.17) is 17.3 Å². The quantitative estimate of drug-likeness (QED) is 0.701. The van der Waals surface area contributed by atoms with Crippen LogP contribution in [-0.4, -0.2) is 33.5 Å². The summed E-state index contributed by atoms with van der Waals surface area (Å²) in [6, 6.07) is 4.41. The van der Waals surface area contributed by atoms with E-state index < -0.39 is 11.8 Å². The summed E-state index contributed by atoms with van der Waals surface area (Å²) in [4.78, 5) is 15.7. The molecule has 0 atom stereocenters. The molecule has 0 fully saturated rings. The molecule has 0 spiro atoms. The van der Waals surface area contributed by atoms with Crippen LogP contribution >= 0.6 is 11.6 Å². The highest BCUT2D eigenvalue weighted by atomic mass is 35.5. The van der Waals surface area contributed by atoms with Gasteiger partial charge < -0.3 is 10.5 Å². The molecule has 0 bridgehead atoms. The molecule has 7 nitrogen and oxygen atoms in total. The minimum Gasteiger partial charge on any atom is -0.464 e. The van der Waals surface area contributed by atoms with Crippen LogP contribution in [0, 0.1) is 5.82 Å². The van der Waals surface area contributed by atoms with Crippen LogP contribution in [0.4, 0.5) is 10.1 Å². The highest BCUT2D eigenvalue weighted by molar-refractivity contribution is 6.35. The summed E-state index contributed by atoms with van der Waals surface area (Å²) in [5, 5.41) is 9.81. The first-order valence-electron chi connectivity index (χ1n) is 6.06. The maximum atomic E-state index is 14.5. The second-order valence-corrected chi connectivity index (χ2v) is 4.75. The molecule has 1 aromatic carbocycles. The number of hydrogen-bond donors (Lipinski definition) is 2. The minimum atomic E-state index is -0.763. The Balaban J connectivity index is 2.24. The number of carbonyl (C=O) groups excluding carboxylic acids is 1. The fourth-order valence-corrected chi connectivity index (χ4v) is 2.17. The van der Waals surface area contributed by atoms with Crippen LogP contribution in [-0.2, 0) is 4.74 Å². The summed E-state index contributed by atoms with van der Waals surface area (Å²) >= 11 is 5.93. The Bertz CT molecular complexity index is 896. The van der Waals surface area contributed by atoms with Crippen LogP contribution in [0.2, 0.25) is 5.02 Å². The van der Waals surface area contributed by atoms with Crippen LogP contribution < -0.4 is 5.73 Å². The van der Waals surface area contributed by atoms with Crippen molar-refractivity contribution in [3.63, 3.8) is 0 Å². The van der Waals surface area contributed by atoms with Gasteiger partial charge in [0.05, 0.1) is 23.5 Å². The molecule has 0 aliphatic heterocycles. The number of anilines is 1. The van der Waals surface area contributed by atoms with Crippen molar-refractivity contribution >= 4 is 34.3 Å². The van der Waals surface area contributed by atoms with Gasteiger partial charge in [0.1, 0.15) is 11.0 Å². The molecule has 0 unspecified atom stereocenters. The number of hydrogen-bond acceptors (Lipinski definition) is 6. The number of pyridine rings is 1. The third-order valence-corrected chi connectivity index (χ3v) is 3.46. The van der Waals surface area contributed by atoms with Gasteiger partial charge in [0.15, 0.2) is 11.5 Å². The number of aromatic amines is 1. The number of H-pyrrole nitrogens is 1. The number of benzene rings is 1. The van der Waals surface area contributed by atoms with Gasteiger partial charge in [-0.3, -0.25) is 0 Å². The summed E-state index contributed by atoms with van der Waals surface area (Å²) in [5.41, 5.74) is 6.36. The lowest BCUT2D eigenvalue weighted by atomic mass is 10.1. The SMILES string of the molecule is COC(=O)c1nc(-c2ccc3n[nH]nc3c2F)cc(N)c1Cl. The summed E-state index contributed by atoms with van der Waals surface area (Å²) in [6.07, 6.45) is 0. The van der Waals surface area contributed by atoms with Crippen LogP contribution in [0.25, 0.3) is 22.3 Å². The molecule has 3 rings (SSSR count). The van der Waals surface area contributed by atoms with Crippen molar-refractivity contribution in [2.75, 3.05) is 12.8 Å². The molecular formula is C13H9ClFN5O2. The van der Waals surface area contributed by atoms with Crippen molar-refractivity contribution in [1.29, 1.82) is 0 Å². The molecule has 0 amide bonds. The van der Waals surface area contributed by atoms with Crippen LogP contribution in [0.1, 0.15) is 10.5 Å². The van der Waals surface area contributed by atoms with Crippen molar-refractivity contribution in [2.45, 2.75) is 0 Å². The highest BCUT2D eigenvalue weighted by Gasteiger charge is 2.20. The minimum absolute atomic E-state index is 0.0430. The summed E-state index contributed by atoms with van der Waals surface area (Å²) in [5.74, 6) is -1.39. The Labute approximate surface area is 128 Å². The van der Waals surface area contributed by atoms with E-state index in [0.717, 1.165) is 0 Å². The zero-order valence-corrected chi connectivity index (χ0v) is 12.0. The average molecular weight is 322 g/mol. The van der Waals surface area contributed by atoms with E-state index >= 15 is 0 Å². The summed E-state index contributed by atoms with van der Waals surface area (Å²) < 4.78 is 19.1. The first kappa shape index (κ1) is 14.2. The molecule has 2 heterocycles.